The van der Waals surface area contributed by atoms with Gasteiger partial charge in [-0.2, -0.15) is 0 Å². The van der Waals surface area contributed by atoms with Crippen molar-refractivity contribution in [3.63, 3.8) is 0 Å². The van der Waals surface area contributed by atoms with Crippen molar-refractivity contribution in [3.8, 4) is 0 Å². The Bertz CT molecular complexity index is 858. The summed E-state index contributed by atoms with van der Waals surface area (Å²) in [6, 6.07) is 6.98. The van der Waals surface area contributed by atoms with Crippen LogP contribution in [0.4, 0.5) is 8.78 Å². The third-order valence-corrected chi connectivity index (χ3v) is 4.27. The van der Waals surface area contributed by atoms with Crippen molar-refractivity contribution in [1.29, 1.82) is 0 Å². The van der Waals surface area contributed by atoms with Crippen molar-refractivity contribution in [2.75, 3.05) is 0 Å². The highest BCUT2D eigenvalue weighted by Gasteiger charge is 2.31. The van der Waals surface area contributed by atoms with Gasteiger partial charge in [0.05, 0.1) is 5.52 Å². The van der Waals surface area contributed by atoms with Crippen LogP contribution in [0.2, 0.25) is 0 Å². The Kier molecular flexibility index (Phi) is 2.94. The Hall–Kier alpha value is -2.34. The van der Waals surface area contributed by atoms with E-state index < -0.39 is 11.6 Å². The molecule has 0 spiro atoms. The number of halogens is 2. The third-order valence-electron chi connectivity index (χ3n) is 4.27. The highest BCUT2D eigenvalue weighted by Crippen LogP contribution is 2.32. The first kappa shape index (κ1) is 13.3. The first-order chi connectivity index (χ1) is 10.6. The summed E-state index contributed by atoms with van der Waals surface area (Å²) in [5.74, 6) is -0.363. The quantitative estimate of drug-likeness (QED) is 0.750. The zero-order valence-electron chi connectivity index (χ0n) is 11.7. The lowest BCUT2D eigenvalue weighted by atomic mass is 9.86. The average Bonchev–Trinajstić information content (AvgIpc) is 2.87. The van der Waals surface area contributed by atoms with E-state index in [4.69, 9.17) is 5.73 Å². The minimum absolute atomic E-state index is 0.292. The molecule has 0 bridgehead atoms. The maximum atomic E-state index is 14.0. The second-order valence-electron chi connectivity index (χ2n) is 5.63. The molecule has 2 atom stereocenters. The van der Waals surface area contributed by atoms with E-state index in [1.165, 1.54) is 6.07 Å². The molecule has 22 heavy (non-hydrogen) atoms. The topological polar surface area (TPSA) is 56.7 Å². The fourth-order valence-electron chi connectivity index (χ4n) is 3.19. The van der Waals surface area contributed by atoms with Crippen molar-refractivity contribution in [2.24, 2.45) is 5.73 Å². The molecule has 2 aromatic heterocycles. The molecule has 3 aromatic rings. The molecule has 1 unspecified atom stereocenters. The van der Waals surface area contributed by atoms with Crippen molar-refractivity contribution < 1.29 is 8.78 Å². The van der Waals surface area contributed by atoms with Gasteiger partial charge >= 0.3 is 0 Å². The molecule has 0 aliphatic carbocycles. The Balaban J connectivity index is 1.80. The van der Waals surface area contributed by atoms with E-state index in [2.05, 4.69) is 9.97 Å². The Morgan fingerprint density at radius 3 is 2.95 bits per heavy atom. The normalized spacial score (nSPS) is 21.0. The molecule has 0 radical (unpaired) electrons. The summed E-state index contributed by atoms with van der Waals surface area (Å²) >= 11 is 0. The van der Waals surface area contributed by atoms with E-state index in [1.54, 1.807) is 6.20 Å². The maximum Gasteiger partial charge on any atom is 0.177 e. The first-order valence-corrected chi connectivity index (χ1v) is 7.14. The first-order valence-electron chi connectivity index (χ1n) is 7.14. The van der Waals surface area contributed by atoms with Crippen LogP contribution >= 0.6 is 0 Å². The lowest BCUT2D eigenvalue weighted by Gasteiger charge is -2.30. The molecule has 112 valence electrons. The fraction of sp³-hybridized carbons (Fsp3) is 0.250. The molecule has 0 fully saturated rings. The second kappa shape index (κ2) is 4.84. The summed E-state index contributed by atoms with van der Waals surface area (Å²) in [4.78, 5) is 8.73. The van der Waals surface area contributed by atoms with Crippen LogP contribution in [0.5, 0.6) is 0 Å². The highest BCUT2D eigenvalue weighted by atomic mass is 19.1. The van der Waals surface area contributed by atoms with Gasteiger partial charge in [-0.1, -0.05) is 0 Å². The number of hydrogen-bond donors (Lipinski definition) is 1. The van der Waals surface area contributed by atoms with E-state index in [1.807, 2.05) is 16.7 Å². The van der Waals surface area contributed by atoms with Crippen LogP contribution in [-0.2, 0) is 13.0 Å². The number of rotatable bonds is 1. The lowest BCUT2D eigenvalue weighted by Crippen LogP contribution is -2.39. The summed E-state index contributed by atoms with van der Waals surface area (Å²) in [5, 5.41) is 0. The number of nitrogens with two attached hydrogens (primary N) is 1. The number of aromatic nitrogens is 3. The van der Waals surface area contributed by atoms with Crippen LogP contribution in [0.1, 0.15) is 17.3 Å². The van der Waals surface area contributed by atoms with Gasteiger partial charge in [-0.3, -0.25) is 0 Å². The smallest absolute Gasteiger partial charge is 0.177 e. The van der Waals surface area contributed by atoms with E-state index in [9.17, 15) is 8.78 Å². The molecule has 1 aromatic carbocycles. The SMILES string of the molecule is N[C@H]1Cn2c(nc3ncccc32)CC1c1cc(F)ccc1F. The van der Waals surface area contributed by atoms with Crippen molar-refractivity contribution in [3.05, 3.63) is 59.6 Å². The molecular weight excluding hydrogens is 286 g/mol. The molecule has 3 heterocycles. The highest BCUT2D eigenvalue weighted by molar-refractivity contribution is 5.71. The predicted molar refractivity (Wildman–Crippen MR) is 78.3 cm³/mol. The van der Waals surface area contributed by atoms with Crippen LogP contribution in [0.15, 0.2) is 36.5 Å². The van der Waals surface area contributed by atoms with Gasteiger partial charge in [-0.25, -0.2) is 18.7 Å². The number of hydrogen-bond acceptors (Lipinski definition) is 3. The van der Waals surface area contributed by atoms with E-state index in [0.717, 1.165) is 23.5 Å². The minimum atomic E-state index is -0.454. The number of imidazole rings is 1. The number of nitrogens with zero attached hydrogens (tertiary/aromatic N) is 3. The summed E-state index contributed by atoms with van der Waals surface area (Å²) in [7, 11) is 0. The van der Waals surface area contributed by atoms with E-state index >= 15 is 0 Å². The molecule has 6 heteroatoms. The number of fused-ring (bicyclic) bond motifs is 3. The minimum Gasteiger partial charge on any atom is -0.326 e. The summed E-state index contributed by atoms with van der Waals surface area (Å²) in [5.41, 5.74) is 8.13. The summed E-state index contributed by atoms with van der Waals surface area (Å²) in [6.07, 6.45) is 2.16. The van der Waals surface area contributed by atoms with Gasteiger partial charge in [0.2, 0.25) is 0 Å². The van der Waals surface area contributed by atoms with Crippen LogP contribution in [0.3, 0.4) is 0 Å². The third kappa shape index (κ3) is 1.99. The van der Waals surface area contributed by atoms with E-state index in [0.29, 0.717) is 24.2 Å². The second-order valence-corrected chi connectivity index (χ2v) is 5.63. The number of pyridine rings is 1. The van der Waals surface area contributed by atoms with Crippen molar-refractivity contribution in [1.82, 2.24) is 14.5 Å². The van der Waals surface area contributed by atoms with Gasteiger partial charge < -0.3 is 10.3 Å². The number of benzene rings is 1. The molecule has 0 saturated carbocycles. The molecular formula is C16H14F2N4. The lowest BCUT2D eigenvalue weighted by molar-refractivity contribution is 0.395. The predicted octanol–water partition coefficient (Wildman–Crippen LogP) is 2.38. The van der Waals surface area contributed by atoms with E-state index in [-0.39, 0.29) is 12.0 Å². The monoisotopic (exact) mass is 300 g/mol. The van der Waals surface area contributed by atoms with Gasteiger partial charge in [0, 0.05) is 31.1 Å². The Morgan fingerprint density at radius 2 is 2.09 bits per heavy atom. The molecule has 4 nitrogen and oxygen atoms in total. The molecule has 0 amide bonds. The van der Waals surface area contributed by atoms with Crippen LogP contribution < -0.4 is 5.73 Å². The standard InChI is InChI=1S/C16H14F2N4/c17-9-3-4-12(18)10(6-9)11-7-15-21-16-14(2-1-5-20-16)22(15)8-13(11)19/h1-6,11,13H,7-8,19H2/t11?,13-/m0/s1. The molecule has 1 aliphatic rings. The van der Waals surface area contributed by atoms with Gasteiger partial charge in [-0.05, 0) is 35.9 Å². The van der Waals surface area contributed by atoms with Gasteiger partial charge in [0.25, 0.3) is 0 Å². The van der Waals surface area contributed by atoms with Crippen LogP contribution in [-0.4, -0.2) is 20.6 Å². The molecule has 2 N–H and O–H groups in total. The van der Waals surface area contributed by atoms with Gasteiger partial charge in [-0.15, -0.1) is 0 Å². The fourth-order valence-corrected chi connectivity index (χ4v) is 3.19. The van der Waals surface area contributed by atoms with Gasteiger partial charge in [0.15, 0.2) is 5.65 Å². The van der Waals surface area contributed by atoms with Gasteiger partial charge in [0.1, 0.15) is 17.5 Å². The van der Waals surface area contributed by atoms with Crippen LogP contribution in [0, 0.1) is 11.6 Å². The van der Waals surface area contributed by atoms with Crippen molar-refractivity contribution >= 4 is 11.2 Å². The largest absolute Gasteiger partial charge is 0.326 e. The summed E-state index contributed by atoms with van der Waals surface area (Å²) in [6.45, 7) is 0.512. The van der Waals surface area contributed by atoms with Crippen molar-refractivity contribution in [2.45, 2.75) is 24.9 Å². The van der Waals surface area contributed by atoms with Crippen LogP contribution in [0.25, 0.3) is 11.2 Å². The zero-order valence-corrected chi connectivity index (χ0v) is 11.7. The Morgan fingerprint density at radius 1 is 1.23 bits per heavy atom. The zero-order chi connectivity index (χ0) is 15.3. The summed E-state index contributed by atoms with van der Waals surface area (Å²) < 4.78 is 29.5. The average molecular weight is 300 g/mol. The molecule has 0 saturated heterocycles. The maximum absolute atomic E-state index is 14.0. The Labute approximate surface area is 125 Å². The molecule has 4 rings (SSSR count). The molecule has 1 aliphatic heterocycles.